The van der Waals surface area contributed by atoms with Gasteiger partial charge in [-0.1, -0.05) is 17.7 Å². The molecule has 86 valence electrons. The van der Waals surface area contributed by atoms with Gasteiger partial charge in [0.1, 0.15) is 0 Å². The third-order valence-corrected chi connectivity index (χ3v) is 3.11. The molecular formula is C11H12ClNO3. The number of hydrogen-bond donors (Lipinski definition) is 2. The number of aromatic carboxylic acids is 1. The lowest BCUT2D eigenvalue weighted by atomic mass is 10.2. The SMILES string of the molecule is O=C(O)c1cccc(N2CC[C@H](O)C2)c1Cl. The maximum absolute atomic E-state index is 10.9. The summed E-state index contributed by atoms with van der Waals surface area (Å²) in [5.74, 6) is -1.04. The van der Waals surface area contributed by atoms with Crippen LogP contribution in [-0.4, -0.2) is 35.4 Å². The number of benzene rings is 1. The molecule has 0 unspecified atom stereocenters. The van der Waals surface area contributed by atoms with Gasteiger partial charge in [-0.3, -0.25) is 0 Å². The van der Waals surface area contributed by atoms with Gasteiger partial charge >= 0.3 is 5.97 Å². The van der Waals surface area contributed by atoms with Crippen LogP contribution in [0.25, 0.3) is 0 Å². The zero-order valence-corrected chi connectivity index (χ0v) is 9.31. The molecule has 0 spiro atoms. The molecule has 1 fully saturated rings. The predicted octanol–water partition coefficient (Wildman–Crippen LogP) is 1.61. The molecule has 0 aliphatic carbocycles. The Balaban J connectivity index is 2.34. The predicted molar refractivity (Wildman–Crippen MR) is 61.2 cm³/mol. The molecule has 1 aromatic rings. The average molecular weight is 242 g/mol. The number of carbonyl (C=O) groups is 1. The molecule has 1 aliphatic rings. The van der Waals surface area contributed by atoms with Crippen molar-refractivity contribution in [2.24, 2.45) is 0 Å². The normalized spacial score (nSPS) is 20.1. The van der Waals surface area contributed by atoms with E-state index in [4.69, 9.17) is 16.7 Å². The van der Waals surface area contributed by atoms with E-state index in [0.29, 0.717) is 25.2 Å². The zero-order chi connectivity index (χ0) is 11.7. The molecule has 1 aromatic carbocycles. The molecule has 2 N–H and O–H groups in total. The van der Waals surface area contributed by atoms with Crippen LogP contribution in [0.15, 0.2) is 18.2 Å². The largest absolute Gasteiger partial charge is 0.478 e. The van der Waals surface area contributed by atoms with E-state index in [-0.39, 0.29) is 16.7 Å². The van der Waals surface area contributed by atoms with E-state index in [1.807, 2.05) is 4.90 Å². The van der Waals surface area contributed by atoms with Gasteiger partial charge < -0.3 is 15.1 Å². The molecule has 0 amide bonds. The lowest BCUT2D eigenvalue weighted by Gasteiger charge is -2.19. The van der Waals surface area contributed by atoms with Crippen molar-refractivity contribution in [2.75, 3.05) is 18.0 Å². The standard InChI is InChI=1S/C11H12ClNO3/c12-10-8(11(15)16)2-1-3-9(10)13-5-4-7(14)6-13/h1-3,7,14H,4-6H2,(H,15,16)/t7-/m0/s1. The highest BCUT2D eigenvalue weighted by Gasteiger charge is 2.23. The maximum Gasteiger partial charge on any atom is 0.337 e. The molecule has 4 nitrogen and oxygen atoms in total. The Morgan fingerprint density at radius 3 is 2.81 bits per heavy atom. The van der Waals surface area contributed by atoms with E-state index in [9.17, 15) is 9.90 Å². The van der Waals surface area contributed by atoms with Crippen LogP contribution in [0.4, 0.5) is 5.69 Å². The number of rotatable bonds is 2. The van der Waals surface area contributed by atoms with E-state index in [2.05, 4.69) is 0 Å². The number of carboxylic acid groups (broad SMARTS) is 1. The number of β-amino-alcohol motifs (C(OH)–C–C–N with tert-alkyl or cyclic N) is 1. The zero-order valence-electron chi connectivity index (χ0n) is 8.56. The van der Waals surface area contributed by atoms with Crippen LogP contribution in [0.5, 0.6) is 0 Å². The van der Waals surface area contributed by atoms with E-state index in [1.54, 1.807) is 12.1 Å². The summed E-state index contributed by atoms with van der Waals surface area (Å²) < 4.78 is 0. The van der Waals surface area contributed by atoms with Gasteiger partial charge in [0.2, 0.25) is 0 Å². The number of halogens is 1. The van der Waals surface area contributed by atoms with E-state index < -0.39 is 5.97 Å². The van der Waals surface area contributed by atoms with Gasteiger partial charge in [0.05, 0.1) is 22.4 Å². The summed E-state index contributed by atoms with van der Waals surface area (Å²) in [6.45, 7) is 1.20. The summed E-state index contributed by atoms with van der Waals surface area (Å²) in [5.41, 5.74) is 0.777. The van der Waals surface area contributed by atoms with Gasteiger partial charge in [-0.25, -0.2) is 4.79 Å². The van der Waals surface area contributed by atoms with Gasteiger partial charge in [-0.15, -0.1) is 0 Å². The van der Waals surface area contributed by atoms with Gasteiger partial charge in [-0.05, 0) is 18.6 Å². The molecule has 0 bridgehead atoms. The highest BCUT2D eigenvalue weighted by molar-refractivity contribution is 6.36. The molecular weight excluding hydrogens is 230 g/mol. The molecule has 0 saturated carbocycles. The summed E-state index contributed by atoms with van der Waals surface area (Å²) in [5, 5.41) is 18.6. The second-order valence-electron chi connectivity index (χ2n) is 3.83. The molecule has 1 heterocycles. The van der Waals surface area contributed by atoms with Crippen molar-refractivity contribution in [2.45, 2.75) is 12.5 Å². The molecule has 2 rings (SSSR count). The highest BCUT2D eigenvalue weighted by Crippen LogP contribution is 2.31. The maximum atomic E-state index is 10.9. The summed E-state index contributed by atoms with van der Waals surface area (Å²) in [4.78, 5) is 12.8. The first kappa shape index (κ1) is 11.2. The number of carboxylic acids is 1. The Bertz CT molecular complexity index is 422. The minimum atomic E-state index is -1.04. The van der Waals surface area contributed by atoms with Gasteiger partial charge in [-0.2, -0.15) is 0 Å². The van der Waals surface area contributed by atoms with Gasteiger partial charge in [0.15, 0.2) is 0 Å². The van der Waals surface area contributed by atoms with Gasteiger partial charge in [0.25, 0.3) is 0 Å². The molecule has 1 atom stereocenters. The highest BCUT2D eigenvalue weighted by atomic mass is 35.5. The van der Waals surface area contributed by atoms with Crippen LogP contribution in [-0.2, 0) is 0 Å². The fourth-order valence-electron chi connectivity index (χ4n) is 1.89. The average Bonchev–Trinajstić information content (AvgIpc) is 2.64. The van der Waals surface area contributed by atoms with Crippen molar-refractivity contribution in [3.8, 4) is 0 Å². The van der Waals surface area contributed by atoms with Crippen molar-refractivity contribution in [3.63, 3.8) is 0 Å². The number of aliphatic hydroxyl groups is 1. The van der Waals surface area contributed by atoms with Crippen LogP contribution in [0.1, 0.15) is 16.8 Å². The van der Waals surface area contributed by atoms with Crippen molar-refractivity contribution >= 4 is 23.3 Å². The smallest absolute Gasteiger partial charge is 0.337 e. The Morgan fingerprint density at radius 1 is 1.50 bits per heavy atom. The number of hydrogen-bond acceptors (Lipinski definition) is 3. The fraction of sp³-hybridized carbons (Fsp3) is 0.364. The van der Waals surface area contributed by atoms with E-state index in [1.165, 1.54) is 6.07 Å². The Morgan fingerprint density at radius 2 is 2.25 bits per heavy atom. The summed E-state index contributed by atoms with van der Waals surface area (Å²) in [6.07, 6.45) is 0.331. The van der Waals surface area contributed by atoms with Crippen molar-refractivity contribution in [1.82, 2.24) is 0 Å². The van der Waals surface area contributed by atoms with Crippen molar-refractivity contribution in [3.05, 3.63) is 28.8 Å². The fourth-order valence-corrected chi connectivity index (χ4v) is 2.22. The van der Waals surface area contributed by atoms with Gasteiger partial charge in [0, 0.05) is 13.1 Å². The van der Waals surface area contributed by atoms with Crippen LogP contribution < -0.4 is 4.90 Å². The van der Waals surface area contributed by atoms with Crippen LogP contribution in [0.3, 0.4) is 0 Å². The second kappa shape index (κ2) is 4.31. The van der Waals surface area contributed by atoms with Crippen LogP contribution in [0, 0.1) is 0 Å². The summed E-state index contributed by atoms with van der Waals surface area (Å²) >= 11 is 6.03. The monoisotopic (exact) mass is 241 g/mol. The number of aliphatic hydroxyl groups excluding tert-OH is 1. The minimum absolute atomic E-state index is 0.0977. The first-order valence-electron chi connectivity index (χ1n) is 5.04. The first-order chi connectivity index (χ1) is 7.59. The van der Waals surface area contributed by atoms with Crippen molar-refractivity contribution < 1.29 is 15.0 Å². The van der Waals surface area contributed by atoms with Crippen LogP contribution >= 0.6 is 11.6 Å². The molecule has 1 saturated heterocycles. The number of nitrogens with zero attached hydrogens (tertiary/aromatic N) is 1. The summed E-state index contributed by atoms with van der Waals surface area (Å²) in [6, 6.07) is 4.91. The first-order valence-corrected chi connectivity index (χ1v) is 5.42. The lowest BCUT2D eigenvalue weighted by molar-refractivity contribution is 0.0697. The third kappa shape index (κ3) is 1.99. The van der Waals surface area contributed by atoms with Crippen molar-refractivity contribution in [1.29, 1.82) is 0 Å². The quantitative estimate of drug-likeness (QED) is 0.826. The molecule has 0 aromatic heterocycles. The van der Waals surface area contributed by atoms with Crippen LogP contribution in [0.2, 0.25) is 5.02 Å². The second-order valence-corrected chi connectivity index (χ2v) is 4.21. The minimum Gasteiger partial charge on any atom is -0.478 e. The third-order valence-electron chi connectivity index (χ3n) is 2.71. The van der Waals surface area contributed by atoms with E-state index in [0.717, 1.165) is 0 Å². The summed E-state index contributed by atoms with van der Waals surface area (Å²) in [7, 11) is 0. The molecule has 5 heteroatoms. The number of anilines is 1. The molecule has 1 aliphatic heterocycles. The lowest BCUT2D eigenvalue weighted by Crippen LogP contribution is -2.21. The van der Waals surface area contributed by atoms with E-state index >= 15 is 0 Å². The Hall–Kier alpha value is -1.26. The molecule has 0 radical (unpaired) electrons. The molecule has 16 heavy (non-hydrogen) atoms. The Labute approximate surface area is 98.1 Å². The topological polar surface area (TPSA) is 60.8 Å². The Kier molecular flexibility index (Phi) is 3.03.